The number of nitrogens with one attached hydrogen (secondary N) is 1. The molecule has 18 heavy (non-hydrogen) atoms. The van der Waals surface area contributed by atoms with Crippen LogP contribution in [0.2, 0.25) is 0 Å². The van der Waals surface area contributed by atoms with Crippen molar-refractivity contribution in [2.75, 3.05) is 26.2 Å². The van der Waals surface area contributed by atoms with E-state index in [-0.39, 0.29) is 0 Å². The zero-order valence-electron chi connectivity index (χ0n) is 10.1. The van der Waals surface area contributed by atoms with E-state index >= 15 is 0 Å². The van der Waals surface area contributed by atoms with Crippen LogP contribution in [0.3, 0.4) is 0 Å². The predicted octanol–water partition coefficient (Wildman–Crippen LogP) is 1.71. The molecule has 2 heterocycles. The zero-order valence-corrected chi connectivity index (χ0v) is 10.1. The van der Waals surface area contributed by atoms with Gasteiger partial charge in [0.25, 0.3) is 0 Å². The molecule has 0 bridgehead atoms. The number of fused-ring (bicyclic) bond motifs is 1. The molecule has 0 unspecified atom stereocenters. The van der Waals surface area contributed by atoms with E-state index < -0.39 is 0 Å². The van der Waals surface area contributed by atoms with Crippen LogP contribution in [-0.2, 0) is 6.54 Å². The van der Waals surface area contributed by atoms with Crippen LogP contribution in [0.15, 0.2) is 28.7 Å². The largest absolute Gasteiger partial charge is 0.460 e. The monoisotopic (exact) mass is 241 g/mol. The first-order valence-electron chi connectivity index (χ1n) is 6.21. The van der Waals surface area contributed by atoms with E-state index in [1.54, 1.807) is 6.07 Å². The summed E-state index contributed by atoms with van der Waals surface area (Å²) in [6.07, 6.45) is 0. The first-order valence-corrected chi connectivity index (χ1v) is 6.21. The first kappa shape index (κ1) is 11.3. The highest BCUT2D eigenvalue weighted by atomic mass is 16.3. The molecule has 1 aromatic heterocycles. The van der Waals surface area contributed by atoms with Gasteiger partial charge in [0.1, 0.15) is 11.3 Å². The average Bonchev–Trinajstić information content (AvgIpc) is 2.80. The van der Waals surface area contributed by atoms with Gasteiger partial charge in [-0.1, -0.05) is 0 Å². The molecule has 92 valence electrons. The summed E-state index contributed by atoms with van der Waals surface area (Å²) in [5.41, 5.74) is 1.54. The van der Waals surface area contributed by atoms with Crippen molar-refractivity contribution in [3.63, 3.8) is 0 Å². The third-order valence-corrected chi connectivity index (χ3v) is 3.29. The summed E-state index contributed by atoms with van der Waals surface area (Å²) in [5, 5.41) is 13.2. The second-order valence-corrected chi connectivity index (χ2v) is 4.60. The molecule has 1 aliphatic rings. The quantitative estimate of drug-likeness (QED) is 0.869. The van der Waals surface area contributed by atoms with Gasteiger partial charge in [-0.2, -0.15) is 5.26 Å². The molecule has 3 rings (SSSR count). The van der Waals surface area contributed by atoms with Gasteiger partial charge in [0, 0.05) is 31.6 Å². The predicted molar refractivity (Wildman–Crippen MR) is 69.1 cm³/mol. The number of hydrogen-bond acceptors (Lipinski definition) is 4. The van der Waals surface area contributed by atoms with Gasteiger partial charge >= 0.3 is 0 Å². The number of furan rings is 1. The van der Waals surface area contributed by atoms with E-state index in [9.17, 15) is 0 Å². The van der Waals surface area contributed by atoms with Crippen molar-refractivity contribution in [2.45, 2.75) is 6.54 Å². The van der Waals surface area contributed by atoms with Crippen molar-refractivity contribution >= 4 is 11.0 Å². The Labute approximate surface area is 106 Å². The molecule has 0 aliphatic carbocycles. The maximum absolute atomic E-state index is 8.87. The molecule has 0 spiro atoms. The highest BCUT2D eigenvalue weighted by molar-refractivity contribution is 5.79. The van der Waals surface area contributed by atoms with Crippen LogP contribution in [0.4, 0.5) is 0 Å². The number of nitrogens with zero attached hydrogens (tertiary/aromatic N) is 2. The minimum atomic E-state index is 0.678. The van der Waals surface area contributed by atoms with Gasteiger partial charge in [-0.3, -0.25) is 4.90 Å². The maximum atomic E-state index is 8.87. The van der Waals surface area contributed by atoms with Crippen LogP contribution in [0.1, 0.15) is 11.3 Å². The molecule has 4 heteroatoms. The van der Waals surface area contributed by atoms with Crippen LogP contribution in [-0.4, -0.2) is 31.1 Å². The van der Waals surface area contributed by atoms with Crippen LogP contribution in [0, 0.1) is 11.3 Å². The van der Waals surface area contributed by atoms with Gasteiger partial charge < -0.3 is 9.73 Å². The van der Waals surface area contributed by atoms with Crippen molar-refractivity contribution in [3.05, 3.63) is 35.6 Å². The molecular weight excluding hydrogens is 226 g/mol. The summed E-state index contributed by atoms with van der Waals surface area (Å²) in [6, 6.07) is 9.73. The van der Waals surface area contributed by atoms with Crippen molar-refractivity contribution in [1.82, 2.24) is 10.2 Å². The second kappa shape index (κ2) is 4.81. The molecule has 0 amide bonds. The maximum Gasteiger partial charge on any atom is 0.134 e. The Morgan fingerprint density at radius 2 is 2.11 bits per heavy atom. The molecule has 0 saturated carbocycles. The number of piperazine rings is 1. The normalized spacial score (nSPS) is 16.8. The van der Waals surface area contributed by atoms with Gasteiger partial charge in [-0.05, 0) is 24.3 Å². The number of rotatable bonds is 2. The molecule has 0 radical (unpaired) electrons. The summed E-state index contributed by atoms with van der Waals surface area (Å²) in [4.78, 5) is 2.37. The highest BCUT2D eigenvalue weighted by Gasteiger charge is 2.12. The standard InChI is InChI=1S/C14H15N3O/c15-9-11-1-2-14-12(7-11)8-13(18-14)10-17-5-3-16-4-6-17/h1-2,7-8,16H,3-6,10H2. The summed E-state index contributed by atoms with van der Waals surface area (Å²) in [6.45, 7) is 5.04. The first-order chi connectivity index (χ1) is 8.85. The van der Waals surface area contributed by atoms with E-state index in [1.165, 1.54) is 0 Å². The zero-order chi connectivity index (χ0) is 12.4. The molecule has 1 aromatic carbocycles. The fraction of sp³-hybridized carbons (Fsp3) is 0.357. The smallest absolute Gasteiger partial charge is 0.134 e. The lowest BCUT2D eigenvalue weighted by Gasteiger charge is -2.26. The van der Waals surface area contributed by atoms with Crippen molar-refractivity contribution in [2.24, 2.45) is 0 Å². The second-order valence-electron chi connectivity index (χ2n) is 4.60. The molecule has 2 aromatic rings. The van der Waals surface area contributed by atoms with E-state index in [2.05, 4.69) is 16.3 Å². The Kier molecular flexibility index (Phi) is 3.01. The van der Waals surface area contributed by atoms with Crippen molar-refractivity contribution in [3.8, 4) is 6.07 Å². The van der Waals surface area contributed by atoms with E-state index in [0.717, 1.165) is 49.5 Å². The Hall–Kier alpha value is -1.83. The topological polar surface area (TPSA) is 52.2 Å². The molecule has 1 fully saturated rings. The van der Waals surface area contributed by atoms with Crippen LogP contribution in [0.5, 0.6) is 0 Å². The Morgan fingerprint density at radius 1 is 1.28 bits per heavy atom. The highest BCUT2D eigenvalue weighted by Crippen LogP contribution is 2.21. The molecule has 1 saturated heterocycles. The molecule has 1 aliphatic heterocycles. The van der Waals surface area contributed by atoms with Gasteiger partial charge in [0.05, 0.1) is 18.2 Å². The van der Waals surface area contributed by atoms with E-state index in [4.69, 9.17) is 9.68 Å². The summed E-state index contributed by atoms with van der Waals surface area (Å²) >= 11 is 0. The third-order valence-electron chi connectivity index (χ3n) is 3.29. The lowest BCUT2D eigenvalue weighted by atomic mass is 10.2. The number of hydrogen-bond donors (Lipinski definition) is 1. The summed E-state index contributed by atoms with van der Waals surface area (Å²) in [5.74, 6) is 0.974. The Bertz CT molecular complexity index is 591. The van der Waals surface area contributed by atoms with Gasteiger partial charge in [-0.25, -0.2) is 0 Å². The van der Waals surface area contributed by atoms with E-state index in [1.807, 2.05) is 18.2 Å². The van der Waals surface area contributed by atoms with Crippen molar-refractivity contribution in [1.29, 1.82) is 5.26 Å². The van der Waals surface area contributed by atoms with Crippen LogP contribution >= 0.6 is 0 Å². The minimum Gasteiger partial charge on any atom is -0.460 e. The molecule has 1 N–H and O–H groups in total. The molecule has 0 atom stereocenters. The van der Waals surface area contributed by atoms with E-state index in [0.29, 0.717) is 5.56 Å². The lowest BCUT2D eigenvalue weighted by molar-refractivity contribution is 0.218. The minimum absolute atomic E-state index is 0.678. The Morgan fingerprint density at radius 3 is 2.89 bits per heavy atom. The van der Waals surface area contributed by atoms with Gasteiger partial charge in [-0.15, -0.1) is 0 Å². The fourth-order valence-corrected chi connectivity index (χ4v) is 2.34. The van der Waals surface area contributed by atoms with Crippen molar-refractivity contribution < 1.29 is 4.42 Å². The third kappa shape index (κ3) is 2.23. The Balaban J connectivity index is 1.82. The number of nitriles is 1. The SMILES string of the molecule is N#Cc1ccc2oc(CN3CCNCC3)cc2c1. The number of benzene rings is 1. The summed E-state index contributed by atoms with van der Waals surface area (Å²) in [7, 11) is 0. The average molecular weight is 241 g/mol. The van der Waals surface area contributed by atoms with Crippen LogP contribution in [0.25, 0.3) is 11.0 Å². The summed E-state index contributed by atoms with van der Waals surface area (Å²) < 4.78 is 5.80. The fourth-order valence-electron chi connectivity index (χ4n) is 2.34. The van der Waals surface area contributed by atoms with Gasteiger partial charge in [0.2, 0.25) is 0 Å². The van der Waals surface area contributed by atoms with Crippen LogP contribution < -0.4 is 5.32 Å². The lowest BCUT2D eigenvalue weighted by Crippen LogP contribution is -2.42. The molecule has 4 nitrogen and oxygen atoms in total. The van der Waals surface area contributed by atoms with Gasteiger partial charge in [0.15, 0.2) is 0 Å². The molecular formula is C14H15N3O.